The number of amides is 1. The van der Waals surface area contributed by atoms with E-state index < -0.39 is 0 Å². The molecule has 0 radical (unpaired) electrons. The molecular formula is C17H17N3OS2. The maximum absolute atomic E-state index is 12.4. The molecule has 0 bridgehead atoms. The summed E-state index contributed by atoms with van der Waals surface area (Å²) < 4.78 is 0. The molecule has 3 rings (SSSR count). The summed E-state index contributed by atoms with van der Waals surface area (Å²) in [5.41, 5.74) is 3.04. The first kappa shape index (κ1) is 15.8. The maximum Gasteiger partial charge on any atom is 0.228 e. The number of hydrogen-bond donors (Lipinski definition) is 0. The molecule has 4 nitrogen and oxygen atoms in total. The summed E-state index contributed by atoms with van der Waals surface area (Å²) in [5.74, 6) is 0.0841. The third kappa shape index (κ3) is 3.83. The van der Waals surface area contributed by atoms with Gasteiger partial charge in [0.25, 0.3) is 0 Å². The number of thiazole rings is 1. The van der Waals surface area contributed by atoms with E-state index in [2.05, 4.69) is 28.3 Å². The number of hydrogen-bond acceptors (Lipinski definition) is 5. The summed E-state index contributed by atoms with van der Waals surface area (Å²) in [6.07, 6.45) is 3.86. The van der Waals surface area contributed by atoms with Crippen LogP contribution in [0, 0.1) is 6.92 Å². The molecule has 0 saturated carbocycles. The van der Waals surface area contributed by atoms with Gasteiger partial charge in [-0.3, -0.25) is 9.78 Å². The second-order valence-electron chi connectivity index (χ2n) is 5.34. The number of carbonyl (C=O) groups is 1. The normalized spacial score (nSPS) is 10.7. The number of aromatic nitrogens is 2. The standard InChI is InChI=1S/C17H17N3OS2/c1-12-5-7-22-15(12)10-20(2)16(21)8-14-11-23-17(19-14)13-4-3-6-18-9-13/h3-7,9,11H,8,10H2,1-2H3. The number of rotatable bonds is 5. The van der Waals surface area contributed by atoms with Crippen LogP contribution in [-0.4, -0.2) is 27.8 Å². The minimum Gasteiger partial charge on any atom is -0.340 e. The molecule has 6 heteroatoms. The minimum atomic E-state index is 0.0841. The molecule has 0 N–H and O–H groups in total. The predicted molar refractivity (Wildman–Crippen MR) is 94.6 cm³/mol. The average Bonchev–Trinajstić information content (AvgIpc) is 3.18. The van der Waals surface area contributed by atoms with E-state index in [0.717, 1.165) is 16.3 Å². The molecule has 1 amide bonds. The summed E-state index contributed by atoms with van der Waals surface area (Å²) in [6.45, 7) is 2.73. The second kappa shape index (κ2) is 7.02. The average molecular weight is 343 g/mol. The topological polar surface area (TPSA) is 46.1 Å². The highest BCUT2D eigenvalue weighted by Crippen LogP contribution is 2.23. The zero-order valence-electron chi connectivity index (χ0n) is 13.0. The molecule has 3 heterocycles. The molecule has 118 valence electrons. The number of aryl methyl sites for hydroxylation is 1. The SMILES string of the molecule is Cc1ccsc1CN(C)C(=O)Cc1csc(-c2cccnc2)n1. The van der Waals surface area contributed by atoms with Gasteiger partial charge in [-0.05, 0) is 36.1 Å². The third-order valence-electron chi connectivity index (χ3n) is 3.57. The van der Waals surface area contributed by atoms with E-state index in [9.17, 15) is 4.79 Å². The summed E-state index contributed by atoms with van der Waals surface area (Å²) in [6, 6.07) is 5.95. The second-order valence-corrected chi connectivity index (χ2v) is 7.20. The lowest BCUT2D eigenvalue weighted by Gasteiger charge is -2.16. The first-order chi connectivity index (χ1) is 11.1. The van der Waals surface area contributed by atoms with Gasteiger partial charge in [-0.25, -0.2) is 4.98 Å². The van der Waals surface area contributed by atoms with Crippen molar-refractivity contribution >= 4 is 28.6 Å². The molecule has 0 aliphatic carbocycles. The minimum absolute atomic E-state index is 0.0841. The van der Waals surface area contributed by atoms with E-state index in [1.54, 1.807) is 40.0 Å². The Balaban J connectivity index is 1.64. The van der Waals surface area contributed by atoms with Gasteiger partial charge in [0.1, 0.15) is 5.01 Å². The van der Waals surface area contributed by atoms with Crippen molar-refractivity contribution in [3.05, 3.63) is 57.5 Å². The summed E-state index contributed by atoms with van der Waals surface area (Å²) in [7, 11) is 1.84. The van der Waals surface area contributed by atoms with Crippen molar-refractivity contribution in [1.29, 1.82) is 0 Å². The van der Waals surface area contributed by atoms with Gasteiger partial charge < -0.3 is 4.90 Å². The van der Waals surface area contributed by atoms with Crippen LogP contribution in [0.4, 0.5) is 0 Å². The van der Waals surface area contributed by atoms with Crippen LogP contribution in [0.3, 0.4) is 0 Å². The Labute approximate surface area is 143 Å². The van der Waals surface area contributed by atoms with Gasteiger partial charge in [0, 0.05) is 35.3 Å². The Morgan fingerprint density at radius 2 is 2.17 bits per heavy atom. The zero-order chi connectivity index (χ0) is 16.2. The van der Waals surface area contributed by atoms with Gasteiger partial charge >= 0.3 is 0 Å². The van der Waals surface area contributed by atoms with E-state index in [1.807, 2.05) is 24.6 Å². The van der Waals surface area contributed by atoms with Gasteiger partial charge in [0.15, 0.2) is 0 Å². The first-order valence-electron chi connectivity index (χ1n) is 7.25. The Kier molecular flexibility index (Phi) is 4.83. The van der Waals surface area contributed by atoms with E-state index >= 15 is 0 Å². The molecule has 23 heavy (non-hydrogen) atoms. The highest BCUT2D eigenvalue weighted by atomic mass is 32.1. The highest BCUT2D eigenvalue weighted by Gasteiger charge is 2.14. The number of nitrogens with zero attached hydrogens (tertiary/aromatic N) is 3. The molecule has 3 aromatic rings. The zero-order valence-corrected chi connectivity index (χ0v) is 14.7. The van der Waals surface area contributed by atoms with Crippen LogP contribution >= 0.6 is 22.7 Å². The Morgan fingerprint density at radius 3 is 2.87 bits per heavy atom. The lowest BCUT2D eigenvalue weighted by molar-refractivity contribution is -0.129. The fourth-order valence-corrected chi connectivity index (χ4v) is 3.94. The molecule has 0 aromatic carbocycles. The van der Waals surface area contributed by atoms with Gasteiger partial charge in [0.05, 0.1) is 18.7 Å². The van der Waals surface area contributed by atoms with Crippen LogP contribution in [0.1, 0.15) is 16.1 Å². The number of likely N-dealkylation sites (N-methyl/N-ethyl adjacent to an activating group) is 1. The maximum atomic E-state index is 12.4. The fraction of sp³-hybridized carbons (Fsp3) is 0.235. The van der Waals surface area contributed by atoms with Crippen molar-refractivity contribution in [3.8, 4) is 10.6 Å². The summed E-state index contributed by atoms with van der Waals surface area (Å²) >= 11 is 3.23. The Hall–Kier alpha value is -2.05. The molecule has 0 saturated heterocycles. The third-order valence-corrected chi connectivity index (χ3v) is 5.52. The largest absolute Gasteiger partial charge is 0.340 e. The van der Waals surface area contributed by atoms with Crippen LogP contribution in [0.25, 0.3) is 10.6 Å². The van der Waals surface area contributed by atoms with Crippen molar-refractivity contribution in [1.82, 2.24) is 14.9 Å². The smallest absolute Gasteiger partial charge is 0.228 e. The van der Waals surface area contributed by atoms with Crippen LogP contribution in [0.2, 0.25) is 0 Å². The number of pyridine rings is 1. The lowest BCUT2D eigenvalue weighted by Crippen LogP contribution is -2.27. The molecular weight excluding hydrogens is 326 g/mol. The van der Waals surface area contributed by atoms with Gasteiger partial charge in [-0.1, -0.05) is 0 Å². The number of carbonyl (C=O) groups excluding carboxylic acids is 1. The molecule has 0 aliphatic rings. The van der Waals surface area contributed by atoms with Crippen molar-refractivity contribution in [2.24, 2.45) is 0 Å². The fourth-order valence-electron chi connectivity index (χ4n) is 2.17. The van der Waals surface area contributed by atoms with Gasteiger partial charge in [-0.15, -0.1) is 22.7 Å². The predicted octanol–water partition coefficient (Wildman–Crippen LogP) is 3.78. The van der Waals surface area contributed by atoms with Crippen LogP contribution in [-0.2, 0) is 17.8 Å². The summed E-state index contributed by atoms with van der Waals surface area (Å²) in [4.78, 5) is 24.0. The Bertz CT molecular complexity index is 795. The van der Waals surface area contributed by atoms with E-state index in [0.29, 0.717) is 13.0 Å². The van der Waals surface area contributed by atoms with Crippen molar-refractivity contribution < 1.29 is 4.79 Å². The number of thiophene rings is 1. The molecule has 0 unspecified atom stereocenters. The van der Waals surface area contributed by atoms with Crippen molar-refractivity contribution in [2.45, 2.75) is 19.9 Å². The van der Waals surface area contributed by atoms with Crippen LogP contribution in [0.5, 0.6) is 0 Å². The molecule has 0 fully saturated rings. The monoisotopic (exact) mass is 343 g/mol. The molecule has 0 spiro atoms. The molecule has 3 aromatic heterocycles. The van der Waals surface area contributed by atoms with Gasteiger partial charge in [-0.2, -0.15) is 0 Å². The first-order valence-corrected chi connectivity index (χ1v) is 9.01. The van der Waals surface area contributed by atoms with Crippen molar-refractivity contribution in [2.75, 3.05) is 7.05 Å². The molecule has 0 aliphatic heterocycles. The highest BCUT2D eigenvalue weighted by molar-refractivity contribution is 7.13. The van der Waals surface area contributed by atoms with Crippen LogP contribution < -0.4 is 0 Å². The quantitative estimate of drug-likeness (QED) is 0.708. The van der Waals surface area contributed by atoms with Crippen molar-refractivity contribution in [3.63, 3.8) is 0 Å². The van der Waals surface area contributed by atoms with E-state index in [-0.39, 0.29) is 5.91 Å². The Morgan fingerprint density at radius 1 is 1.30 bits per heavy atom. The van der Waals surface area contributed by atoms with E-state index in [4.69, 9.17) is 0 Å². The van der Waals surface area contributed by atoms with Gasteiger partial charge in [0.2, 0.25) is 5.91 Å². The lowest BCUT2D eigenvalue weighted by atomic mass is 10.2. The molecule has 0 atom stereocenters. The summed E-state index contributed by atoms with van der Waals surface area (Å²) in [5, 5.41) is 4.91. The van der Waals surface area contributed by atoms with E-state index in [1.165, 1.54) is 10.4 Å². The van der Waals surface area contributed by atoms with Crippen LogP contribution in [0.15, 0.2) is 41.4 Å².